The molecule has 204 valence electrons. The number of nitrogens with zero attached hydrogens (tertiary/aromatic N) is 2. The van der Waals surface area contributed by atoms with Crippen LogP contribution in [0.3, 0.4) is 0 Å². The number of carbonyl (C=O) groups excluding carboxylic acids is 2. The number of benzene rings is 2. The predicted octanol–water partition coefficient (Wildman–Crippen LogP) is 5.23. The molecule has 2 aliphatic heterocycles. The molecule has 5 rings (SSSR count). The van der Waals surface area contributed by atoms with Gasteiger partial charge in [-0.1, -0.05) is 36.6 Å². The molecule has 1 atom stereocenters. The zero-order chi connectivity index (χ0) is 26.6. The molecule has 2 aromatic carbocycles. The van der Waals surface area contributed by atoms with E-state index in [0.29, 0.717) is 76.0 Å². The van der Waals surface area contributed by atoms with E-state index in [4.69, 9.17) is 21.1 Å². The SMILES string of the molecule is O=C(CC1(COc2ccc(Cl)cc2)CCCN(C(=O)C2(c3cccc(F)c3)CCCC2)C1)N1CCOCC1. The molecule has 0 aromatic heterocycles. The highest BCUT2D eigenvalue weighted by molar-refractivity contribution is 6.30. The lowest BCUT2D eigenvalue weighted by atomic mass is 9.74. The third-order valence-corrected chi connectivity index (χ3v) is 8.69. The van der Waals surface area contributed by atoms with Gasteiger partial charge in [-0.05, 0) is 67.6 Å². The molecule has 1 unspecified atom stereocenters. The molecule has 0 radical (unpaired) electrons. The van der Waals surface area contributed by atoms with E-state index in [9.17, 15) is 14.0 Å². The van der Waals surface area contributed by atoms with Gasteiger partial charge in [0.25, 0.3) is 0 Å². The third kappa shape index (κ3) is 5.84. The summed E-state index contributed by atoms with van der Waals surface area (Å²) in [5, 5.41) is 0.628. The Balaban J connectivity index is 1.39. The van der Waals surface area contributed by atoms with E-state index in [1.807, 2.05) is 28.0 Å². The van der Waals surface area contributed by atoms with E-state index < -0.39 is 10.8 Å². The van der Waals surface area contributed by atoms with Gasteiger partial charge in [0.1, 0.15) is 11.6 Å². The lowest BCUT2D eigenvalue weighted by Gasteiger charge is -2.46. The Morgan fingerprint density at radius 3 is 2.39 bits per heavy atom. The van der Waals surface area contributed by atoms with Crippen LogP contribution in [-0.4, -0.2) is 67.6 Å². The number of carbonyl (C=O) groups is 2. The van der Waals surface area contributed by atoms with Gasteiger partial charge in [0.2, 0.25) is 11.8 Å². The second-order valence-corrected chi connectivity index (χ2v) is 11.5. The average Bonchev–Trinajstić information content (AvgIpc) is 3.44. The van der Waals surface area contributed by atoms with Crippen molar-refractivity contribution in [2.45, 2.75) is 50.4 Å². The zero-order valence-electron chi connectivity index (χ0n) is 21.8. The van der Waals surface area contributed by atoms with Crippen LogP contribution >= 0.6 is 11.6 Å². The maximum absolute atomic E-state index is 14.3. The van der Waals surface area contributed by atoms with E-state index in [2.05, 4.69) is 0 Å². The van der Waals surface area contributed by atoms with Crippen molar-refractivity contribution in [3.63, 3.8) is 0 Å². The largest absolute Gasteiger partial charge is 0.493 e. The number of hydrogen-bond acceptors (Lipinski definition) is 4. The van der Waals surface area contributed by atoms with Gasteiger partial charge in [0.05, 0.1) is 25.2 Å². The van der Waals surface area contributed by atoms with Gasteiger partial charge in [-0.15, -0.1) is 0 Å². The minimum absolute atomic E-state index is 0.0509. The second-order valence-electron chi connectivity index (χ2n) is 11.0. The van der Waals surface area contributed by atoms with Crippen molar-refractivity contribution in [1.82, 2.24) is 9.80 Å². The number of halogens is 2. The summed E-state index contributed by atoms with van der Waals surface area (Å²) in [5.41, 5.74) is -0.473. The Labute approximate surface area is 229 Å². The molecular formula is C30H36ClFN2O4. The molecule has 0 spiro atoms. The summed E-state index contributed by atoms with van der Waals surface area (Å²) in [5.74, 6) is 0.489. The average molecular weight is 543 g/mol. The molecule has 2 heterocycles. The minimum Gasteiger partial charge on any atom is -0.493 e. The lowest BCUT2D eigenvalue weighted by molar-refractivity contribution is -0.146. The van der Waals surface area contributed by atoms with Gasteiger partial charge in [0, 0.05) is 43.0 Å². The van der Waals surface area contributed by atoms with Crippen molar-refractivity contribution < 1.29 is 23.5 Å². The second kappa shape index (κ2) is 11.6. The summed E-state index contributed by atoms with van der Waals surface area (Å²) in [6.07, 6.45) is 5.18. The number of rotatable bonds is 7. The number of piperidine rings is 1. The maximum Gasteiger partial charge on any atom is 0.233 e. The molecule has 1 saturated carbocycles. The first-order valence-electron chi connectivity index (χ1n) is 13.7. The zero-order valence-corrected chi connectivity index (χ0v) is 22.6. The molecule has 6 nitrogen and oxygen atoms in total. The van der Waals surface area contributed by atoms with Gasteiger partial charge < -0.3 is 19.3 Å². The summed E-state index contributed by atoms with van der Waals surface area (Å²) >= 11 is 6.05. The first-order valence-corrected chi connectivity index (χ1v) is 14.1. The van der Waals surface area contributed by atoms with Crippen LogP contribution in [0.25, 0.3) is 0 Å². The van der Waals surface area contributed by atoms with Gasteiger partial charge in [-0.3, -0.25) is 9.59 Å². The van der Waals surface area contributed by atoms with Crippen molar-refractivity contribution in [3.8, 4) is 5.75 Å². The van der Waals surface area contributed by atoms with E-state index in [1.54, 1.807) is 18.2 Å². The van der Waals surface area contributed by atoms with Crippen LogP contribution in [0.15, 0.2) is 48.5 Å². The normalized spacial score (nSPS) is 23.3. The van der Waals surface area contributed by atoms with Crippen LogP contribution in [0, 0.1) is 11.2 Å². The summed E-state index contributed by atoms with van der Waals surface area (Å²) < 4.78 is 25.9. The standard InChI is InChI=1S/C30H36ClFN2O4/c31-24-7-9-26(10-8-24)38-22-29(20-27(35)33-15-17-37-18-16-33)11-4-14-34(21-29)28(36)30(12-1-2-13-30)23-5-3-6-25(32)19-23/h3,5-10,19H,1-2,4,11-18,20-22H2. The highest BCUT2D eigenvalue weighted by atomic mass is 35.5. The predicted molar refractivity (Wildman–Crippen MR) is 144 cm³/mol. The summed E-state index contributed by atoms with van der Waals surface area (Å²) in [4.78, 5) is 31.5. The Hall–Kier alpha value is -2.64. The fourth-order valence-electron chi connectivity index (χ4n) is 6.40. The van der Waals surface area contributed by atoms with Crippen LogP contribution in [0.2, 0.25) is 5.02 Å². The van der Waals surface area contributed by atoms with Crippen molar-refractivity contribution in [1.29, 1.82) is 0 Å². The van der Waals surface area contributed by atoms with Crippen molar-refractivity contribution in [2.24, 2.45) is 5.41 Å². The molecule has 2 amide bonds. The first-order chi connectivity index (χ1) is 18.4. The van der Waals surface area contributed by atoms with Gasteiger partial charge in [-0.25, -0.2) is 4.39 Å². The maximum atomic E-state index is 14.3. The number of likely N-dealkylation sites (tertiary alicyclic amines) is 1. The molecule has 8 heteroatoms. The molecule has 38 heavy (non-hydrogen) atoms. The summed E-state index contributed by atoms with van der Waals surface area (Å²) in [6.45, 7) is 3.64. The monoisotopic (exact) mass is 542 g/mol. The molecule has 2 saturated heterocycles. The quantitative estimate of drug-likeness (QED) is 0.481. The van der Waals surface area contributed by atoms with E-state index in [1.165, 1.54) is 12.1 Å². The van der Waals surface area contributed by atoms with Gasteiger partial charge in [-0.2, -0.15) is 0 Å². The van der Waals surface area contributed by atoms with Crippen LogP contribution in [-0.2, 0) is 19.7 Å². The van der Waals surface area contributed by atoms with E-state index >= 15 is 0 Å². The molecule has 0 bridgehead atoms. The fraction of sp³-hybridized carbons (Fsp3) is 0.533. The van der Waals surface area contributed by atoms with Crippen LogP contribution in [0.4, 0.5) is 4.39 Å². The topological polar surface area (TPSA) is 59.1 Å². The van der Waals surface area contributed by atoms with E-state index in [-0.39, 0.29) is 17.6 Å². The molecule has 3 aliphatic rings. The van der Waals surface area contributed by atoms with Crippen LogP contribution in [0.5, 0.6) is 5.75 Å². The molecular weight excluding hydrogens is 507 g/mol. The van der Waals surface area contributed by atoms with Crippen molar-refractivity contribution >= 4 is 23.4 Å². The number of ether oxygens (including phenoxy) is 2. The first kappa shape index (κ1) is 26.9. The fourth-order valence-corrected chi connectivity index (χ4v) is 6.53. The Morgan fingerprint density at radius 2 is 1.68 bits per heavy atom. The molecule has 3 fully saturated rings. The van der Waals surface area contributed by atoms with Crippen LogP contribution < -0.4 is 4.74 Å². The Morgan fingerprint density at radius 1 is 0.947 bits per heavy atom. The summed E-state index contributed by atoms with van der Waals surface area (Å²) in [7, 11) is 0. The number of amides is 2. The Kier molecular flexibility index (Phi) is 8.24. The van der Waals surface area contributed by atoms with Gasteiger partial charge in [0.15, 0.2) is 0 Å². The molecule has 1 aliphatic carbocycles. The van der Waals surface area contributed by atoms with Gasteiger partial charge >= 0.3 is 0 Å². The van der Waals surface area contributed by atoms with Crippen LogP contribution in [0.1, 0.15) is 50.5 Å². The minimum atomic E-state index is -0.712. The highest BCUT2D eigenvalue weighted by Crippen LogP contribution is 2.45. The Bertz CT molecular complexity index is 1130. The molecule has 2 aromatic rings. The smallest absolute Gasteiger partial charge is 0.233 e. The third-order valence-electron chi connectivity index (χ3n) is 8.44. The molecule has 0 N–H and O–H groups in total. The van der Waals surface area contributed by atoms with E-state index in [0.717, 1.165) is 31.2 Å². The highest BCUT2D eigenvalue weighted by Gasteiger charge is 2.48. The van der Waals surface area contributed by atoms with Crippen molar-refractivity contribution in [3.05, 3.63) is 64.9 Å². The number of hydrogen-bond donors (Lipinski definition) is 0. The lowest BCUT2D eigenvalue weighted by Crippen LogP contribution is -2.55. The number of morpholine rings is 1. The van der Waals surface area contributed by atoms with Crippen molar-refractivity contribution in [2.75, 3.05) is 46.0 Å². The summed E-state index contributed by atoms with van der Waals surface area (Å²) in [6, 6.07) is 13.7.